The van der Waals surface area contributed by atoms with Gasteiger partial charge < -0.3 is 19.7 Å². The zero-order valence-electron chi connectivity index (χ0n) is 15.2. The lowest BCUT2D eigenvalue weighted by Crippen LogP contribution is -2.34. The first kappa shape index (κ1) is 18.9. The Hall–Kier alpha value is -0.910. The van der Waals surface area contributed by atoms with Gasteiger partial charge >= 0.3 is 5.97 Å². The van der Waals surface area contributed by atoms with Crippen LogP contribution in [0, 0.1) is 11.8 Å². The number of aliphatic hydroxyl groups is 2. The van der Waals surface area contributed by atoms with Crippen molar-refractivity contribution in [2.24, 2.45) is 11.8 Å². The average Bonchev–Trinajstić information content (AvgIpc) is 3.34. The van der Waals surface area contributed by atoms with Crippen molar-refractivity contribution in [3.8, 4) is 0 Å². The molecular formula is C20H32O5. The van der Waals surface area contributed by atoms with Crippen LogP contribution in [-0.4, -0.2) is 46.7 Å². The minimum Gasteiger partial charge on any atom is -0.459 e. The molecule has 2 saturated carbocycles. The van der Waals surface area contributed by atoms with Gasteiger partial charge in [0.15, 0.2) is 0 Å². The van der Waals surface area contributed by atoms with Crippen molar-refractivity contribution in [3.63, 3.8) is 0 Å². The van der Waals surface area contributed by atoms with Gasteiger partial charge in [0.1, 0.15) is 6.10 Å². The monoisotopic (exact) mass is 352 g/mol. The summed E-state index contributed by atoms with van der Waals surface area (Å²) in [4.78, 5) is 12.0. The Labute approximate surface area is 150 Å². The van der Waals surface area contributed by atoms with Gasteiger partial charge in [-0.15, -0.1) is 0 Å². The number of aliphatic hydroxyl groups excluding tert-OH is 2. The van der Waals surface area contributed by atoms with Gasteiger partial charge in [-0.3, -0.25) is 0 Å². The third kappa shape index (κ3) is 5.28. The highest BCUT2D eigenvalue weighted by atomic mass is 16.6. The van der Waals surface area contributed by atoms with Crippen LogP contribution in [0.1, 0.15) is 64.7 Å². The van der Waals surface area contributed by atoms with Crippen LogP contribution in [0.4, 0.5) is 0 Å². The summed E-state index contributed by atoms with van der Waals surface area (Å²) in [6, 6.07) is 0. The quantitative estimate of drug-likeness (QED) is 0.418. The molecule has 0 aromatic rings. The molecule has 3 aliphatic rings. The van der Waals surface area contributed by atoms with Gasteiger partial charge in [0.2, 0.25) is 0 Å². The molecule has 0 aromatic carbocycles. The van der Waals surface area contributed by atoms with Gasteiger partial charge in [0, 0.05) is 5.57 Å². The van der Waals surface area contributed by atoms with Crippen molar-refractivity contribution in [2.75, 3.05) is 0 Å². The maximum atomic E-state index is 12.0. The van der Waals surface area contributed by atoms with E-state index in [2.05, 4.69) is 6.58 Å². The molecule has 3 fully saturated rings. The normalized spacial score (nSPS) is 38.5. The first-order valence-electron chi connectivity index (χ1n) is 9.80. The number of epoxide rings is 1. The summed E-state index contributed by atoms with van der Waals surface area (Å²) < 4.78 is 11.3. The Morgan fingerprint density at radius 3 is 2.56 bits per heavy atom. The minimum atomic E-state index is -0.613. The number of esters is 1. The third-order valence-corrected chi connectivity index (χ3v) is 6.12. The predicted octanol–water partition coefficient (Wildman–Crippen LogP) is 2.73. The molecule has 1 heterocycles. The SMILES string of the molecule is C=C(C)C(=O)OC(CCC1CCC(O)C(O)C1)CC1CCC2OC2C1. The number of ether oxygens (including phenoxy) is 2. The molecule has 25 heavy (non-hydrogen) atoms. The Bertz CT molecular complexity index is 490. The lowest BCUT2D eigenvalue weighted by atomic mass is 9.80. The van der Waals surface area contributed by atoms with Gasteiger partial charge in [-0.1, -0.05) is 6.58 Å². The number of carbonyl (C=O) groups excluding carboxylic acids is 1. The largest absolute Gasteiger partial charge is 0.459 e. The molecule has 5 nitrogen and oxygen atoms in total. The fraction of sp³-hybridized carbons (Fsp3) is 0.850. The van der Waals surface area contributed by atoms with E-state index < -0.39 is 12.2 Å². The van der Waals surface area contributed by atoms with E-state index in [9.17, 15) is 15.0 Å². The molecule has 0 radical (unpaired) electrons. The standard InChI is InChI=1S/C20H32O5/c1-12(2)20(23)24-15(9-14-5-8-18-19(11-14)25-18)6-3-13-4-7-16(21)17(22)10-13/h13-19,21-22H,1,3-11H2,2H3. The van der Waals surface area contributed by atoms with Crippen LogP contribution in [-0.2, 0) is 14.3 Å². The van der Waals surface area contributed by atoms with Crippen LogP contribution in [0.3, 0.4) is 0 Å². The highest BCUT2D eigenvalue weighted by Crippen LogP contribution is 2.41. The molecule has 2 aliphatic carbocycles. The van der Waals surface area contributed by atoms with E-state index in [1.807, 2.05) is 0 Å². The van der Waals surface area contributed by atoms with Crippen LogP contribution in [0.25, 0.3) is 0 Å². The number of hydrogen-bond acceptors (Lipinski definition) is 5. The van der Waals surface area contributed by atoms with E-state index in [1.165, 1.54) is 0 Å². The van der Waals surface area contributed by atoms with E-state index in [4.69, 9.17) is 9.47 Å². The van der Waals surface area contributed by atoms with Crippen LogP contribution in [0.15, 0.2) is 12.2 Å². The first-order valence-corrected chi connectivity index (χ1v) is 9.80. The van der Waals surface area contributed by atoms with Crippen molar-refractivity contribution in [3.05, 3.63) is 12.2 Å². The smallest absolute Gasteiger partial charge is 0.333 e. The molecule has 0 aromatic heterocycles. The summed E-state index contributed by atoms with van der Waals surface area (Å²) in [6.45, 7) is 5.37. The molecule has 0 bridgehead atoms. The molecule has 1 saturated heterocycles. The topological polar surface area (TPSA) is 79.3 Å². The summed E-state index contributed by atoms with van der Waals surface area (Å²) in [5, 5.41) is 19.5. The van der Waals surface area contributed by atoms with E-state index in [0.717, 1.165) is 44.9 Å². The number of fused-ring (bicyclic) bond motifs is 1. The third-order valence-electron chi connectivity index (χ3n) is 6.12. The van der Waals surface area contributed by atoms with Gasteiger partial charge in [-0.25, -0.2) is 4.79 Å². The fourth-order valence-corrected chi connectivity index (χ4v) is 4.45. The summed E-state index contributed by atoms with van der Waals surface area (Å²) in [5.74, 6) is 0.651. The lowest BCUT2D eigenvalue weighted by molar-refractivity contribution is -0.145. The summed E-state index contributed by atoms with van der Waals surface area (Å²) in [7, 11) is 0. The molecule has 2 N–H and O–H groups in total. The van der Waals surface area contributed by atoms with Crippen LogP contribution >= 0.6 is 0 Å². The van der Waals surface area contributed by atoms with Gasteiger partial charge in [-0.05, 0) is 76.5 Å². The molecule has 5 heteroatoms. The summed E-state index contributed by atoms with van der Waals surface area (Å²) in [5.41, 5.74) is 0.440. The number of hydrogen-bond donors (Lipinski definition) is 2. The van der Waals surface area contributed by atoms with Gasteiger partial charge in [-0.2, -0.15) is 0 Å². The van der Waals surface area contributed by atoms with Crippen molar-refractivity contribution in [1.29, 1.82) is 0 Å². The van der Waals surface area contributed by atoms with E-state index in [1.54, 1.807) is 6.92 Å². The molecule has 1 aliphatic heterocycles. The van der Waals surface area contributed by atoms with Crippen LogP contribution < -0.4 is 0 Å². The molecule has 0 spiro atoms. The lowest BCUT2D eigenvalue weighted by Gasteiger charge is -2.31. The molecule has 7 unspecified atom stereocenters. The second-order valence-corrected chi connectivity index (χ2v) is 8.33. The van der Waals surface area contributed by atoms with Crippen molar-refractivity contribution < 1.29 is 24.5 Å². The second-order valence-electron chi connectivity index (χ2n) is 8.33. The molecular weight excluding hydrogens is 320 g/mol. The highest BCUT2D eigenvalue weighted by Gasteiger charge is 2.44. The maximum Gasteiger partial charge on any atom is 0.333 e. The summed E-state index contributed by atoms with van der Waals surface area (Å²) in [6.07, 6.45) is 7.87. The zero-order chi connectivity index (χ0) is 18.0. The van der Waals surface area contributed by atoms with Crippen molar-refractivity contribution in [2.45, 2.75) is 95.2 Å². The van der Waals surface area contributed by atoms with Crippen LogP contribution in [0.2, 0.25) is 0 Å². The molecule has 142 valence electrons. The second kappa shape index (κ2) is 8.19. The minimum absolute atomic E-state index is 0.0894. The van der Waals surface area contributed by atoms with Gasteiger partial charge in [0.05, 0.1) is 24.4 Å². The van der Waals surface area contributed by atoms with E-state index in [-0.39, 0.29) is 12.1 Å². The Morgan fingerprint density at radius 2 is 1.88 bits per heavy atom. The highest BCUT2D eigenvalue weighted by molar-refractivity contribution is 5.87. The molecule has 0 amide bonds. The molecule has 3 rings (SSSR count). The fourth-order valence-electron chi connectivity index (χ4n) is 4.45. The first-order chi connectivity index (χ1) is 11.9. The van der Waals surface area contributed by atoms with Gasteiger partial charge in [0.25, 0.3) is 0 Å². The van der Waals surface area contributed by atoms with E-state index >= 15 is 0 Å². The maximum absolute atomic E-state index is 12.0. The predicted molar refractivity (Wildman–Crippen MR) is 93.9 cm³/mol. The Morgan fingerprint density at radius 1 is 1.12 bits per heavy atom. The van der Waals surface area contributed by atoms with Crippen LogP contribution in [0.5, 0.6) is 0 Å². The number of rotatable bonds is 7. The average molecular weight is 352 g/mol. The molecule has 7 atom stereocenters. The van der Waals surface area contributed by atoms with Crippen molar-refractivity contribution in [1.82, 2.24) is 0 Å². The Balaban J connectivity index is 1.50. The van der Waals surface area contributed by atoms with Crippen molar-refractivity contribution >= 4 is 5.97 Å². The number of carbonyl (C=O) groups is 1. The van der Waals surface area contributed by atoms with E-state index in [0.29, 0.717) is 42.5 Å². The Kier molecular flexibility index (Phi) is 6.18. The zero-order valence-corrected chi connectivity index (χ0v) is 15.2. The summed E-state index contributed by atoms with van der Waals surface area (Å²) >= 11 is 0.